The van der Waals surface area contributed by atoms with E-state index in [-0.39, 0.29) is 18.2 Å². The first-order valence-corrected chi connectivity index (χ1v) is 7.88. The summed E-state index contributed by atoms with van der Waals surface area (Å²) in [6, 6.07) is 8.22. The van der Waals surface area contributed by atoms with Crippen molar-refractivity contribution in [2.45, 2.75) is 6.54 Å². The van der Waals surface area contributed by atoms with E-state index in [1.165, 1.54) is 13.2 Å². The minimum atomic E-state index is -0.537. The summed E-state index contributed by atoms with van der Waals surface area (Å²) in [6.07, 6.45) is 0. The van der Waals surface area contributed by atoms with Gasteiger partial charge in [0.2, 0.25) is 5.76 Å². The van der Waals surface area contributed by atoms with Crippen LogP contribution in [0.5, 0.6) is 0 Å². The topological polar surface area (TPSA) is 73.0 Å². The van der Waals surface area contributed by atoms with Crippen LogP contribution in [-0.4, -0.2) is 32.6 Å². The lowest BCUT2D eigenvalue weighted by atomic mass is 10.3. The van der Waals surface area contributed by atoms with Gasteiger partial charge >= 0.3 is 5.97 Å². The number of methoxy groups -OCH3 is 1. The molecule has 0 aliphatic carbocycles. The number of halogens is 2. The number of likely N-dealkylation sites (N-methyl/N-ethyl adjacent to an activating group) is 1. The van der Waals surface area contributed by atoms with Crippen molar-refractivity contribution < 1.29 is 23.6 Å². The maximum absolute atomic E-state index is 12.1. The van der Waals surface area contributed by atoms with Crippen LogP contribution >= 0.6 is 23.2 Å². The summed E-state index contributed by atoms with van der Waals surface area (Å²) < 4.78 is 9.96. The predicted molar refractivity (Wildman–Crippen MR) is 90.6 cm³/mol. The molecule has 128 valence electrons. The summed E-state index contributed by atoms with van der Waals surface area (Å²) >= 11 is 12.0. The Bertz CT molecular complexity index is 725. The molecule has 2 N–H and O–H groups in total. The number of para-hydroxylation sites is 1. The molecule has 1 aromatic heterocycles. The van der Waals surface area contributed by atoms with Crippen molar-refractivity contribution in [2.75, 3.05) is 26.0 Å². The molecule has 1 aromatic carbocycles. The Morgan fingerprint density at radius 3 is 2.50 bits per heavy atom. The number of furan rings is 1. The van der Waals surface area contributed by atoms with E-state index in [1.54, 1.807) is 24.3 Å². The maximum atomic E-state index is 12.1. The van der Waals surface area contributed by atoms with E-state index < -0.39 is 5.97 Å². The quantitative estimate of drug-likeness (QED) is 0.762. The molecule has 0 fully saturated rings. The average Bonchev–Trinajstić information content (AvgIpc) is 2.98. The number of esters is 1. The van der Waals surface area contributed by atoms with E-state index in [4.69, 9.17) is 27.6 Å². The molecular formula is C16H17Cl2N2O4+. The van der Waals surface area contributed by atoms with Gasteiger partial charge in [0.15, 0.2) is 12.3 Å². The molecule has 6 nitrogen and oxygen atoms in total. The number of carbonyl (C=O) groups excluding carboxylic acids is 2. The molecule has 0 saturated carbocycles. The molecule has 0 radical (unpaired) electrons. The van der Waals surface area contributed by atoms with Gasteiger partial charge in [0, 0.05) is 0 Å². The standard InChI is InChI=1S/C16H16Cl2N2O4/c1-20(8-10-6-7-13(24-10)16(22)23-2)9-14(21)19-15-11(17)4-3-5-12(15)18/h3-7H,8-9H2,1-2H3,(H,19,21)/p+1. The second-order valence-electron chi connectivity index (χ2n) is 5.21. The second-order valence-corrected chi connectivity index (χ2v) is 6.03. The summed E-state index contributed by atoms with van der Waals surface area (Å²) in [5, 5.41) is 3.45. The lowest BCUT2D eigenvalue weighted by Crippen LogP contribution is -3.08. The van der Waals surface area contributed by atoms with E-state index in [2.05, 4.69) is 10.1 Å². The average molecular weight is 372 g/mol. The fourth-order valence-electron chi connectivity index (χ4n) is 2.12. The van der Waals surface area contributed by atoms with Crippen LogP contribution in [0.15, 0.2) is 34.7 Å². The Kier molecular flexibility index (Phi) is 6.25. The third kappa shape index (κ3) is 4.74. The molecule has 1 unspecified atom stereocenters. The second kappa shape index (κ2) is 8.19. The Morgan fingerprint density at radius 2 is 1.88 bits per heavy atom. The number of benzene rings is 1. The molecule has 1 heterocycles. The molecule has 24 heavy (non-hydrogen) atoms. The molecule has 0 spiro atoms. The van der Waals surface area contributed by atoms with E-state index in [1.807, 2.05) is 7.05 Å². The van der Waals surface area contributed by atoms with E-state index >= 15 is 0 Å². The van der Waals surface area contributed by atoms with Gasteiger partial charge in [0.25, 0.3) is 5.91 Å². The van der Waals surface area contributed by atoms with Gasteiger partial charge in [-0.2, -0.15) is 0 Å². The highest BCUT2D eigenvalue weighted by Gasteiger charge is 2.17. The number of anilines is 1. The number of amides is 1. The minimum absolute atomic E-state index is 0.132. The molecule has 2 aromatic rings. The Labute approximate surface area is 149 Å². The van der Waals surface area contributed by atoms with E-state index in [0.29, 0.717) is 28.0 Å². The summed E-state index contributed by atoms with van der Waals surface area (Å²) in [5.41, 5.74) is 0.393. The fraction of sp³-hybridized carbons (Fsp3) is 0.250. The summed E-state index contributed by atoms with van der Waals surface area (Å²) in [5.74, 6) is -0.0590. The van der Waals surface area contributed by atoms with Gasteiger partial charge < -0.3 is 19.4 Å². The highest BCUT2D eigenvalue weighted by atomic mass is 35.5. The molecule has 1 amide bonds. The van der Waals surface area contributed by atoms with Crippen molar-refractivity contribution >= 4 is 40.8 Å². The Morgan fingerprint density at radius 1 is 1.21 bits per heavy atom. The highest BCUT2D eigenvalue weighted by molar-refractivity contribution is 6.39. The summed E-state index contributed by atoms with van der Waals surface area (Å²) in [7, 11) is 3.11. The van der Waals surface area contributed by atoms with Crippen molar-refractivity contribution in [2.24, 2.45) is 0 Å². The molecule has 1 atom stereocenters. The Hall–Kier alpha value is -2.02. The van der Waals surface area contributed by atoms with Gasteiger partial charge in [-0.3, -0.25) is 4.79 Å². The van der Waals surface area contributed by atoms with Gasteiger partial charge in [-0.25, -0.2) is 4.79 Å². The monoisotopic (exact) mass is 371 g/mol. The zero-order valence-electron chi connectivity index (χ0n) is 13.2. The lowest BCUT2D eigenvalue weighted by molar-refractivity contribution is -0.886. The van der Waals surface area contributed by atoms with Crippen LogP contribution in [0.4, 0.5) is 5.69 Å². The van der Waals surface area contributed by atoms with Crippen LogP contribution < -0.4 is 10.2 Å². The number of quaternary nitrogens is 1. The number of hydrogen-bond acceptors (Lipinski definition) is 4. The number of hydrogen-bond donors (Lipinski definition) is 2. The molecule has 0 aliphatic heterocycles. The SMILES string of the molecule is COC(=O)c1ccc(C[NH+](C)CC(=O)Nc2c(Cl)cccc2Cl)o1. The largest absolute Gasteiger partial charge is 0.463 e. The van der Waals surface area contributed by atoms with Crippen molar-refractivity contribution in [3.05, 3.63) is 51.9 Å². The third-order valence-electron chi connectivity index (χ3n) is 3.21. The van der Waals surface area contributed by atoms with Crippen molar-refractivity contribution in [3.8, 4) is 0 Å². The number of rotatable bonds is 6. The minimum Gasteiger partial charge on any atom is -0.463 e. The van der Waals surface area contributed by atoms with Crippen LogP contribution in [0.1, 0.15) is 16.3 Å². The normalized spacial score (nSPS) is 11.8. The first-order chi connectivity index (χ1) is 11.4. The van der Waals surface area contributed by atoms with Gasteiger partial charge in [-0.15, -0.1) is 0 Å². The summed E-state index contributed by atoms with van der Waals surface area (Å²) in [6.45, 7) is 0.608. The first-order valence-electron chi connectivity index (χ1n) is 7.13. The third-order valence-corrected chi connectivity index (χ3v) is 3.84. The predicted octanol–water partition coefficient (Wildman–Crippen LogP) is 2.03. The van der Waals surface area contributed by atoms with E-state index in [0.717, 1.165) is 4.90 Å². The fourth-order valence-corrected chi connectivity index (χ4v) is 2.61. The zero-order valence-corrected chi connectivity index (χ0v) is 14.7. The number of carbonyl (C=O) groups is 2. The molecule has 0 saturated heterocycles. The maximum Gasteiger partial charge on any atom is 0.373 e. The van der Waals surface area contributed by atoms with Crippen LogP contribution in [0.3, 0.4) is 0 Å². The molecule has 0 bridgehead atoms. The zero-order chi connectivity index (χ0) is 17.7. The summed E-state index contributed by atoms with van der Waals surface area (Å²) in [4.78, 5) is 24.3. The first kappa shape index (κ1) is 18.3. The number of ether oxygens (including phenoxy) is 1. The molecular weight excluding hydrogens is 355 g/mol. The van der Waals surface area contributed by atoms with Gasteiger partial charge in [0.1, 0.15) is 6.54 Å². The lowest BCUT2D eigenvalue weighted by Gasteiger charge is -2.13. The molecule has 8 heteroatoms. The van der Waals surface area contributed by atoms with Crippen LogP contribution in [0, 0.1) is 0 Å². The van der Waals surface area contributed by atoms with Gasteiger partial charge in [0.05, 0.1) is 29.9 Å². The van der Waals surface area contributed by atoms with Crippen LogP contribution in [0.25, 0.3) is 0 Å². The van der Waals surface area contributed by atoms with Crippen molar-refractivity contribution in [1.29, 1.82) is 0 Å². The Balaban J connectivity index is 1.92. The van der Waals surface area contributed by atoms with E-state index in [9.17, 15) is 9.59 Å². The van der Waals surface area contributed by atoms with Crippen LogP contribution in [-0.2, 0) is 16.1 Å². The van der Waals surface area contributed by atoms with Gasteiger partial charge in [-0.05, 0) is 24.3 Å². The van der Waals surface area contributed by atoms with Crippen molar-refractivity contribution in [3.63, 3.8) is 0 Å². The highest BCUT2D eigenvalue weighted by Crippen LogP contribution is 2.29. The van der Waals surface area contributed by atoms with Crippen LogP contribution in [0.2, 0.25) is 10.0 Å². The number of nitrogens with one attached hydrogen (secondary N) is 2. The smallest absolute Gasteiger partial charge is 0.373 e. The molecule has 2 rings (SSSR count). The van der Waals surface area contributed by atoms with Gasteiger partial charge in [-0.1, -0.05) is 29.3 Å². The van der Waals surface area contributed by atoms with Crippen molar-refractivity contribution in [1.82, 2.24) is 0 Å². The molecule has 0 aliphatic rings.